The fourth-order valence-corrected chi connectivity index (χ4v) is 3.61. The van der Waals surface area contributed by atoms with Gasteiger partial charge in [0.2, 0.25) is 5.13 Å². The molecule has 142 valence electrons. The molecule has 9 heteroatoms. The topological polar surface area (TPSA) is 51.1 Å². The highest BCUT2D eigenvalue weighted by molar-refractivity contribution is 7.09. The van der Waals surface area contributed by atoms with Crippen LogP contribution in [0.3, 0.4) is 0 Å². The van der Waals surface area contributed by atoms with E-state index >= 15 is 0 Å². The van der Waals surface area contributed by atoms with Gasteiger partial charge < -0.3 is 9.64 Å². The Kier molecular flexibility index (Phi) is 5.64. The van der Waals surface area contributed by atoms with Crippen LogP contribution < -0.4 is 9.64 Å². The van der Waals surface area contributed by atoms with E-state index in [0.29, 0.717) is 18.4 Å². The van der Waals surface area contributed by atoms with Crippen LogP contribution in [-0.2, 0) is 6.18 Å². The maximum absolute atomic E-state index is 12.7. The summed E-state index contributed by atoms with van der Waals surface area (Å²) < 4.78 is 48.0. The van der Waals surface area contributed by atoms with Crippen molar-refractivity contribution in [3.63, 3.8) is 0 Å². The SMILES string of the molecule is CC(C)c1nsc(N2CCC(COc3ccnc(C(F)(F)F)c3)CC2)n1. The molecule has 0 unspecified atom stereocenters. The van der Waals surface area contributed by atoms with E-state index in [9.17, 15) is 13.2 Å². The number of hydrogen-bond donors (Lipinski definition) is 0. The Balaban J connectivity index is 1.50. The van der Waals surface area contributed by atoms with Gasteiger partial charge in [0.15, 0.2) is 0 Å². The molecule has 0 saturated carbocycles. The number of alkyl halides is 3. The Morgan fingerprint density at radius 1 is 1.31 bits per heavy atom. The third kappa shape index (κ3) is 4.63. The van der Waals surface area contributed by atoms with Crippen LogP contribution in [0, 0.1) is 5.92 Å². The summed E-state index contributed by atoms with van der Waals surface area (Å²) in [5, 5.41) is 0.942. The number of ether oxygens (including phenoxy) is 1. The van der Waals surface area contributed by atoms with Crippen LogP contribution in [0.25, 0.3) is 0 Å². The van der Waals surface area contributed by atoms with Gasteiger partial charge in [-0.2, -0.15) is 17.5 Å². The molecular formula is C17H21F3N4OS. The lowest BCUT2D eigenvalue weighted by Gasteiger charge is -2.31. The average Bonchev–Trinajstić information content (AvgIpc) is 3.10. The number of anilines is 1. The zero-order valence-electron chi connectivity index (χ0n) is 14.7. The van der Waals surface area contributed by atoms with Crippen molar-refractivity contribution in [2.75, 3.05) is 24.6 Å². The molecule has 1 aliphatic rings. The normalized spacial score (nSPS) is 16.3. The summed E-state index contributed by atoms with van der Waals surface area (Å²) in [7, 11) is 0. The quantitative estimate of drug-likeness (QED) is 0.764. The van der Waals surface area contributed by atoms with Gasteiger partial charge >= 0.3 is 6.18 Å². The van der Waals surface area contributed by atoms with E-state index in [1.807, 2.05) is 0 Å². The third-order valence-corrected chi connectivity index (χ3v) is 5.13. The van der Waals surface area contributed by atoms with Crippen LogP contribution in [0.1, 0.15) is 44.1 Å². The van der Waals surface area contributed by atoms with Gasteiger partial charge in [0.1, 0.15) is 17.3 Å². The second kappa shape index (κ2) is 7.77. The first-order valence-electron chi connectivity index (χ1n) is 8.57. The second-order valence-electron chi connectivity index (χ2n) is 6.71. The Morgan fingerprint density at radius 3 is 2.65 bits per heavy atom. The fourth-order valence-electron chi connectivity index (χ4n) is 2.75. The summed E-state index contributed by atoms with van der Waals surface area (Å²) in [5.41, 5.74) is -0.929. The molecule has 2 aromatic heterocycles. The molecule has 3 rings (SSSR count). The standard InChI is InChI=1S/C17H21F3N4OS/c1-11(2)15-22-16(26-23-15)24-7-4-12(5-8-24)10-25-13-3-6-21-14(9-13)17(18,19)20/h3,6,9,11-12H,4-5,7-8,10H2,1-2H3. The first kappa shape index (κ1) is 18.9. The maximum atomic E-state index is 12.7. The minimum Gasteiger partial charge on any atom is -0.493 e. The van der Waals surface area contributed by atoms with Crippen molar-refractivity contribution in [1.29, 1.82) is 0 Å². The molecule has 26 heavy (non-hydrogen) atoms. The van der Waals surface area contributed by atoms with Gasteiger partial charge in [-0.3, -0.25) is 4.98 Å². The van der Waals surface area contributed by atoms with E-state index in [1.165, 1.54) is 17.6 Å². The van der Waals surface area contributed by atoms with Crippen molar-refractivity contribution in [3.8, 4) is 5.75 Å². The number of nitrogens with zero attached hydrogens (tertiary/aromatic N) is 4. The highest BCUT2D eigenvalue weighted by atomic mass is 32.1. The molecule has 0 aliphatic carbocycles. The monoisotopic (exact) mass is 386 g/mol. The molecule has 0 spiro atoms. The number of pyridine rings is 1. The highest BCUT2D eigenvalue weighted by Gasteiger charge is 2.32. The second-order valence-corrected chi connectivity index (χ2v) is 7.44. The van der Waals surface area contributed by atoms with Crippen LogP contribution >= 0.6 is 11.5 Å². The van der Waals surface area contributed by atoms with E-state index < -0.39 is 11.9 Å². The van der Waals surface area contributed by atoms with E-state index in [2.05, 4.69) is 33.1 Å². The number of aromatic nitrogens is 3. The van der Waals surface area contributed by atoms with Gasteiger partial charge in [-0.1, -0.05) is 13.8 Å². The first-order chi connectivity index (χ1) is 12.3. The number of rotatable bonds is 5. The van der Waals surface area contributed by atoms with Crippen molar-refractivity contribution in [2.24, 2.45) is 5.92 Å². The first-order valence-corrected chi connectivity index (χ1v) is 9.35. The largest absolute Gasteiger partial charge is 0.493 e. The minimum atomic E-state index is -4.46. The molecule has 2 aromatic rings. The molecule has 3 heterocycles. The molecule has 0 aromatic carbocycles. The van der Waals surface area contributed by atoms with E-state index in [0.717, 1.165) is 49.2 Å². The van der Waals surface area contributed by atoms with Crippen molar-refractivity contribution >= 4 is 16.7 Å². The molecule has 0 N–H and O–H groups in total. The zero-order valence-corrected chi connectivity index (χ0v) is 15.5. The van der Waals surface area contributed by atoms with Gasteiger partial charge in [0.25, 0.3) is 0 Å². The van der Waals surface area contributed by atoms with Crippen molar-refractivity contribution in [2.45, 2.75) is 38.8 Å². The van der Waals surface area contributed by atoms with Crippen LogP contribution in [-0.4, -0.2) is 34.0 Å². The van der Waals surface area contributed by atoms with Crippen molar-refractivity contribution in [3.05, 3.63) is 29.8 Å². The predicted molar refractivity (Wildman–Crippen MR) is 93.7 cm³/mol. The van der Waals surface area contributed by atoms with E-state index in [1.54, 1.807) is 0 Å². The van der Waals surface area contributed by atoms with Crippen LogP contribution in [0.2, 0.25) is 0 Å². The molecule has 1 fully saturated rings. The maximum Gasteiger partial charge on any atom is 0.433 e. The molecule has 1 saturated heterocycles. The molecule has 0 amide bonds. The van der Waals surface area contributed by atoms with Gasteiger partial charge in [0, 0.05) is 42.8 Å². The summed E-state index contributed by atoms with van der Waals surface area (Å²) in [6.45, 7) is 6.25. The lowest BCUT2D eigenvalue weighted by Crippen LogP contribution is -2.35. The Morgan fingerprint density at radius 2 is 2.04 bits per heavy atom. The lowest BCUT2D eigenvalue weighted by atomic mass is 9.98. The summed E-state index contributed by atoms with van der Waals surface area (Å²) in [4.78, 5) is 10.1. The number of hydrogen-bond acceptors (Lipinski definition) is 6. The molecule has 0 radical (unpaired) electrons. The molecule has 0 bridgehead atoms. The molecule has 0 atom stereocenters. The summed E-state index contributed by atoms with van der Waals surface area (Å²) in [6, 6.07) is 2.41. The van der Waals surface area contributed by atoms with Crippen molar-refractivity contribution < 1.29 is 17.9 Å². The fraction of sp³-hybridized carbons (Fsp3) is 0.588. The number of piperidine rings is 1. The third-order valence-electron chi connectivity index (χ3n) is 4.34. The van der Waals surface area contributed by atoms with Crippen LogP contribution in [0.5, 0.6) is 5.75 Å². The summed E-state index contributed by atoms with van der Waals surface area (Å²) in [6.07, 6.45) is -1.51. The van der Waals surface area contributed by atoms with Gasteiger partial charge in [0.05, 0.1) is 6.61 Å². The Bertz CT molecular complexity index is 727. The summed E-state index contributed by atoms with van der Waals surface area (Å²) >= 11 is 1.42. The molecule has 5 nitrogen and oxygen atoms in total. The van der Waals surface area contributed by atoms with E-state index in [4.69, 9.17) is 4.74 Å². The highest BCUT2D eigenvalue weighted by Crippen LogP contribution is 2.30. The van der Waals surface area contributed by atoms with Crippen LogP contribution in [0.15, 0.2) is 18.3 Å². The Labute approximate surface area is 154 Å². The molecule has 1 aliphatic heterocycles. The lowest BCUT2D eigenvalue weighted by molar-refractivity contribution is -0.141. The van der Waals surface area contributed by atoms with Crippen LogP contribution in [0.4, 0.5) is 18.3 Å². The van der Waals surface area contributed by atoms with Crippen molar-refractivity contribution in [1.82, 2.24) is 14.3 Å². The zero-order chi connectivity index (χ0) is 18.7. The van der Waals surface area contributed by atoms with Gasteiger partial charge in [-0.05, 0) is 24.8 Å². The Hall–Kier alpha value is -1.90. The van der Waals surface area contributed by atoms with Gasteiger partial charge in [-0.15, -0.1) is 0 Å². The average molecular weight is 386 g/mol. The predicted octanol–water partition coefficient (Wildman–Crippen LogP) is 4.37. The van der Waals surface area contributed by atoms with E-state index in [-0.39, 0.29) is 5.75 Å². The minimum absolute atomic E-state index is 0.209. The number of halogens is 3. The summed E-state index contributed by atoms with van der Waals surface area (Å²) in [5.74, 6) is 1.70. The smallest absolute Gasteiger partial charge is 0.433 e. The molecular weight excluding hydrogens is 365 g/mol. The van der Waals surface area contributed by atoms with Gasteiger partial charge in [-0.25, -0.2) is 4.98 Å².